The summed E-state index contributed by atoms with van der Waals surface area (Å²) < 4.78 is 5.50. The Bertz CT molecular complexity index is 1150. The molecular weight excluding hydrogens is 444 g/mol. The van der Waals surface area contributed by atoms with Crippen molar-refractivity contribution in [1.29, 1.82) is 0 Å². The monoisotopic (exact) mass is 464 g/mol. The van der Waals surface area contributed by atoms with E-state index in [1.807, 2.05) is 30.3 Å². The highest BCUT2D eigenvalue weighted by Crippen LogP contribution is 2.14. The van der Waals surface area contributed by atoms with Crippen LogP contribution in [0.25, 0.3) is 0 Å². The number of nitrogens with zero attached hydrogens (tertiary/aromatic N) is 1. The molecule has 0 heterocycles. The third-order valence-electron chi connectivity index (χ3n) is 4.23. The van der Waals surface area contributed by atoms with E-state index >= 15 is 0 Å². The van der Waals surface area contributed by atoms with Crippen molar-refractivity contribution in [1.82, 2.24) is 10.7 Å². The zero-order valence-electron chi connectivity index (χ0n) is 17.5. The van der Waals surface area contributed by atoms with Crippen LogP contribution in [0.15, 0.2) is 84.0 Å². The Hall–Kier alpha value is -4.17. The average Bonchev–Trinajstić information content (AvgIpc) is 2.82. The van der Waals surface area contributed by atoms with Gasteiger partial charge in [-0.3, -0.25) is 14.4 Å². The molecule has 0 aliphatic heterocycles. The molecular formula is C24H21ClN4O4. The molecule has 0 spiro atoms. The number of benzene rings is 3. The summed E-state index contributed by atoms with van der Waals surface area (Å²) in [5.41, 5.74) is 4.14. The standard InChI is InChI=1S/C24H21ClN4O4/c25-19-9-5-10-20(13-19)28-23(31)24(32)29-27-15-18-8-4-11-21(12-18)33-16-22(30)26-14-17-6-2-1-3-7-17/h1-13,15H,14,16H2,(H,26,30)(H,28,31)(H,29,32)/b27-15-. The number of rotatable bonds is 8. The average molecular weight is 465 g/mol. The van der Waals surface area contributed by atoms with E-state index in [1.54, 1.807) is 42.5 Å². The Morgan fingerprint density at radius 3 is 2.48 bits per heavy atom. The minimum atomic E-state index is -0.936. The maximum Gasteiger partial charge on any atom is 0.329 e. The van der Waals surface area contributed by atoms with Crippen molar-refractivity contribution in [3.63, 3.8) is 0 Å². The highest BCUT2D eigenvalue weighted by Gasteiger charge is 2.12. The van der Waals surface area contributed by atoms with Gasteiger partial charge >= 0.3 is 11.8 Å². The molecule has 9 heteroatoms. The van der Waals surface area contributed by atoms with Crippen LogP contribution in [0.2, 0.25) is 5.02 Å². The summed E-state index contributed by atoms with van der Waals surface area (Å²) >= 11 is 5.85. The van der Waals surface area contributed by atoms with Gasteiger partial charge in [0.25, 0.3) is 5.91 Å². The lowest BCUT2D eigenvalue weighted by molar-refractivity contribution is -0.136. The quantitative estimate of drug-likeness (QED) is 0.270. The maximum absolute atomic E-state index is 12.0. The van der Waals surface area contributed by atoms with Crippen LogP contribution in [0, 0.1) is 0 Å². The third kappa shape index (κ3) is 8.12. The Morgan fingerprint density at radius 2 is 1.70 bits per heavy atom. The van der Waals surface area contributed by atoms with Crippen LogP contribution in [0.1, 0.15) is 11.1 Å². The molecule has 0 fully saturated rings. The van der Waals surface area contributed by atoms with E-state index in [0.717, 1.165) is 5.56 Å². The molecule has 0 radical (unpaired) electrons. The van der Waals surface area contributed by atoms with Gasteiger partial charge in [-0.2, -0.15) is 5.10 Å². The van der Waals surface area contributed by atoms with Gasteiger partial charge in [0.2, 0.25) is 0 Å². The topological polar surface area (TPSA) is 109 Å². The molecule has 0 aromatic heterocycles. The molecule has 8 nitrogen and oxygen atoms in total. The summed E-state index contributed by atoms with van der Waals surface area (Å²) in [6.07, 6.45) is 1.35. The molecule has 33 heavy (non-hydrogen) atoms. The van der Waals surface area contributed by atoms with E-state index in [2.05, 4.69) is 21.2 Å². The van der Waals surface area contributed by atoms with Crippen LogP contribution in [-0.4, -0.2) is 30.5 Å². The zero-order valence-corrected chi connectivity index (χ0v) is 18.2. The molecule has 3 aromatic rings. The number of hydrogen-bond acceptors (Lipinski definition) is 5. The molecule has 0 atom stereocenters. The van der Waals surface area contributed by atoms with Gasteiger partial charge < -0.3 is 15.4 Å². The molecule has 0 bridgehead atoms. The summed E-state index contributed by atoms with van der Waals surface area (Å²) in [6, 6.07) is 22.8. The molecule has 0 saturated heterocycles. The zero-order chi connectivity index (χ0) is 23.5. The Morgan fingerprint density at radius 1 is 0.909 bits per heavy atom. The number of hydrazone groups is 1. The van der Waals surface area contributed by atoms with Gasteiger partial charge in [-0.25, -0.2) is 5.43 Å². The van der Waals surface area contributed by atoms with E-state index in [9.17, 15) is 14.4 Å². The lowest BCUT2D eigenvalue weighted by atomic mass is 10.2. The second kappa shape index (κ2) is 12.0. The number of hydrogen-bond donors (Lipinski definition) is 3. The fraction of sp³-hybridized carbons (Fsp3) is 0.0833. The molecule has 168 valence electrons. The first-order valence-corrected chi connectivity index (χ1v) is 10.3. The van der Waals surface area contributed by atoms with Crippen molar-refractivity contribution in [2.75, 3.05) is 11.9 Å². The van der Waals surface area contributed by atoms with E-state index in [4.69, 9.17) is 16.3 Å². The largest absolute Gasteiger partial charge is 0.484 e. The number of carbonyl (C=O) groups excluding carboxylic acids is 3. The fourth-order valence-electron chi connectivity index (χ4n) is 2.65. The first kappa shape index (κ1) is 23.5. The van der Waals surface area contributed by atoms with Crippen molar-refractivity contribution < 1.29 is 19.1 Å². The number of carbonyl (C=O) groups is 3. The Kier molecular flexibility index (Phi) is 8.55. The molecule has 3 N–H and O–H groups in total. The van der Waals surface area contributed by atoms with Crippen molar-refractivity contribution in [2.45, 2.75) is 6.54 Å². The van der Waals surface area contributed by atoms with Crippen LogP contribution >= 0.6 is 11.6 Å². The first-order chi connectivity index (χ1) is 16.0. The molecule has 0 saturated carbocycles. The summed E-state index contributed by atoms with van der Waals surface area (Å²) in [6.45, 7) is 0.272. The predicted molar refractivity (Wildman–Crippen MR) is 126 cm³/mol. The molecule has 0 aliphatic rings. The van der Waals surface area contributed by atoms with Crippen molar-refractivity contribution >= 4 is 41.2 Å². The van der Waals surface area contributed by atoms with Crippen LogP contribution < -0.4 is 20.8 Å². The minimum absolute atomic E-state index is 0.145. The van der Waals surface area contributed by atoms with Crippen molar-refractivity contribution in [3.05, 3.63) is 95.0 Å². The smallest absolute Gasteiger partial charge is 0.329 e. The van der Waals surface area contributed by atoms with E-state index in [1.165, 1.54) is 12.3 Å². The number of nitrogens with one attached hydrogen (secondary N) is 3. The Balaban J connectivity index is 1.44. The van der Waals surface area contributed by atoms with E-state index in [-0.39, 0.29) is 12.5 Å². The van der Waals surface area contributed by atoms with Gasteiger partial charge in [-0.15, -0.1) is 0 Å². The van der Waals surface area contributed by atoms with Gasteiger partial charge in [0.15, 0.2) is 6.61 Å². The molecule has 0 unspecified atom stereocenters. The lowest BCUT2D eigenvalue weighted by Gasteiger charge is -2.08. The summed E-state index contributed by atoms with van der Waals surface area (Å²) in [5.74, 6) is -1.61. The van der Waals surface area contributed by atoms with Gasteiger partial charge in [-0.05, 0) is 41.5 Å². The molecule has 3 rings (SSSR count). The van der Waals surface area contributed by atoms with Crippen molar-refractivity contribution in [3.8, 4) is 5.75 Å². The molecule has 3 aromatic carbocycles. The van der Waals surface area contributed by atoms with Crippen LogP contribution in [-0.2, 0) is 20.9 Å². The maximum atomic E-state index is 12.0. The summed E-state index contributed by atoms with van der Waals surface area (Å²) in [5, 5.41) is 9.41. The van der Waals surface area contributed by atoms with E-state index < -0.39 is 11.8 Å². The summed E-state index contributed by atoms with van der Waals surface area (Å²) in [4.78, 5) is 35.8. The normalized spacial score (nSPS) is 10.5. The fourth-order valence-corrected chi connectivity index (χ4v) is 2.84. The minimum Gasteiger partial charge on any atom is -0.484 e. The number of halogens is 1. The summed E-state index contributed by atoms with van der Waals surface area (Å²) in [7, 11) is 0. The number of ether oxygens (including phenoxy) is 1. The van der Waals surface area contributed by atoms with E-state index in [0.29, 0.717) is 28.6 Å². The van der Waals surface area contributed by atoms with Gasteiger partial charge in [0.05, 0.1) is 6.21 Å². The second-order valence-corrected chi connectivity index (χ2v) is 7.22. The van der Waals surface area contributed by atoms with Gasteiger partial charge in [0.1, 0.15) is 5.75 Å². The SMILES string of the molecule is O=C(COc1cccc(/C=N\NC(=O)C(=O)Nc2cccc(Cl)c2)c1)NCc1ccccc1. The van der Waals surface area contributed by atoms with Crippen LogP contribution in [0.4, 0.5) is 5.69 Å². The lowest BCUT2D eigenvalue weighted by Crippen LogP contribution is -2.32. The molecule has 0 aliphatic carbocycles. The molecule has 3 amide bonds. The van der Waals surface area contributed by atoms with Gasteiger partial charge in [0, 0.05) is 17.3 Å². The van der Waals surface area contributed by atoms with Crippen LogP contribution in [0.5, 0.6) is 5.75 Å². The number of anilines is 1. The van der Waals surface area contributed by atoms with Crippen LogP contribution in [0.3, 0.4) is 0 Å². The third-order valence-corrected chi connectivity index (χ3v) is 4.46. The number of amides is 3. The Labute approximate surface area is 195 Å². The highest BCUT2D eigenvalue weighted by molar-refractivity contribution is 6.39. The van der Waals surface area contributed by atoms with Gasteiger partial charge in [-0.1, -0.05) is 60.1 Å². The second-order valence-electron chi connectivity index (χ2n) is 6.79. The highest BCUT2D eigenvalue weighted by atomic mass is 35.5. The predicted octanol–water partition coefficient (Wildman–Crippen LogP) is 3.12. The first-order valence-electron chi connectivity index (χ1n) is 9.93. The van der Waals surface area contributed by atoms with Crippen molar-refractivity contribution in [2.24, 2.45) is 5.10 Å².